The number of hydrogen-bond acceptors (Lipinski definition) is 3. The molecule has 1 heterocycles. The zero-order valence-corrected chi connectivity index (χ0v) is 9.47. The zero-order chi connectivity index (χ0) is 11.7. The smallest absolute Gasteiger partial charge is 0.184 e. The lowest BCUT2D eigenvalue weighted by atomic mass is 10.0. The molecule has 0 saturated heterocycles. The van der Waals surface area contributed by atoms with Gasteiger partial charge in [0.1, 0.15) is 19.2 Å². The van der Waals surface area contributed by atoms with Gasteiger partial charge in [0.05, 0.1) is 0 Å². The second-order valence-electron chi connectivity index (χ2n) is 4.35. The molecule has 4 nitrogen and oxygen atoms in total. The Morgan fingerprint density at radius 1 is 1.29 bits per heavy atom. The summed E-state index contributed by atoms with van der Waals surface area (Å²) >= 11 is 0. The number of aromatic nitrogens is 3. The molecule has 1 aliphatic carbocycles. The van der Waals surface area contributed by atoms with Crippen molar-refractivity contribution in [3.05, 3.63) is 47.5 Å². The Balaban J connectivity index is 1.82. The predicted octanol–water partition coefficient (Wildman–Crippen LogP) is 1.65. The van der Waals surface area contributed by atoms with Crippen molar-refractivity contribution in [3.63, 3.8) is 0 Å². The van der Waals surface area contributed by atoms with Crippen molar-refractivity contribution < 1.29 is 4.79 Å². The van der Waals surface area contributed by atoms with Gasteiger partial charge in [-0.05, 0) is 36.5 Å². The van der Waals surface area contributed by atoms with Crippen LogP contribution in [-0.4, -0.2) is 20.5 Å². The molecule has 2 aromatic rings. The normalized spacial score (nSPS) is 13.6. The SMILES string of the molecule is O=C(Cn1cncn1)c1ccc2c(c1)CCC2. The van der Waals surface area contributed by atoms with E-state index in [2.05, 4.69) is 16.1 Å². The van der Waals surface area contributed by atoms with Gasteiger partial charge < -0.3 is 0 Å². The van der Waals surface area contributed by atoms with E-state index >= 15 is 0 Å². The maximum Gasteiger partial charge on any atom is 0.184 e. The van der Waals surface area contributed by atoms with Crippen LogP contribution >= 0.6 is 0 Å². The van der Waals surface area contributed by atoms with Gasteiger partial charge in [0.15, 0.2) is 5.78 Å². The Kier molecular flexibility index (Phi) is 2.48. The van der Waals surface area contributed by atoms with Gasteiger partial charge in [-0.2, -0.15) is 5.10 Å². The van der Waals surface area contributed by atoms with E-state index in [4.69, 9.17) is 0 Å². The lowest BCUT2D eigenvalue weighted by Crippen LogP contribution is -2.11. The van der Waals surface area contributed by atoms with Crippen LogP contribution in [0.25, 0.3) is 0 Å². The van der Waals surface area contributed by atoms with Gasteiger partial charge >= 0.3 is 0 Å². The van der Waals surface area contributed by atoms with Gasteiger partial charge in [0.25, 0.3) is 0 Å². The first-order valence-electron chi connectivity index (χ1n) is 5.80. The van der Waals surface area contributed by atoms with E-state index in [-0.39, 0.29) is 12.3 Å². The number of carbonyl (C=O) groups is 1. The van der Waals surface area contributed by atoms with E-state index in [9.17, 15) is 4.79 Å². The summed E-state index contributed by atoms with van der Waals surface area (Å²) in [6.07, 6.45) is 6.45. The first-order valence-corrected chi connectivity index (χ1v) is 5.80. The summed E-state index contributed by atoms with van der Waals surface area (Å²) in [4.78, 5) is 15.8. The molecule has 0 bridgehead atoms. The monoisotopic (exact) mass is 227 g/mol. The number of hydrogen-bond donors (Lipinski definition) is 0. The van der Waals surface area contributed by atoms with E-state index in [1.54, 1.807) is 11.0 Å². The molecule has 4 heteroatoms. The molecular formula is C13H13N3O. The van der Waals surface area contributed by atoms with E-state index in [0.717, 1.165) is 18.4 Å². The molecule has 0 atom stereocenters. The summed E-state index contributed by atoms with van der Waals surface area (Å²) < 4.78 is 1.55. The Hall–Kier alpha value is -1.97. The fourth-order valence-electron chi connectivity index (χ4n) is 2.30. The van der Waals surface area contributed by atoms with Crippen LogP contribution in [0, 0.1) is 0 Å². The van der Waals surface area contributed by atoms with E-state index < -0.39 is 0 Å². The van der Waals surface area contributed by atoms with Crippen LogP contribution in [0.4, 0.5) is 0 Å². The van der Waals surface area contributed by atoms with Crippen LogP contribution in [0.2, 0.25) is 0 Å². The van der Waals surface area contributed by atoms with Crippen LogP contribution in [0.5, 0.6) is 0 Å². The fourth-order valence-corrected chi connectivity index (χ4v) is 2.30. The molecule has 1 aromatic heterocycles. The van der Waals surface area contributed by atoms with E-state index in [0.29, 0.717) is 0 Å². The highest BCUT2D eigenvalue weighted by Crippen LogP contribution is 2.23. The molecular weight excluding hydrogens is 214 g/mol. The summed E-state index contributed by atoms with van der Waals surface area (Å²) in [6.45, 7) is 0.263. The van der Waals surface area contributed by atoms with Crippen LogP contribution < -0.4 is 0 Å². The van der Waals surface area contributed by atoms with Gasteiger partial charge in [0.2, 0.25) is 0 Å². The molecule has 0 fully saturated rings. The molecule has 0 radical (unpaired) electrons. The Morgan fingerprint density at radius 2 is 2.18 bits per heavy atom. The van der Waals surface area contributed by atoms with Gasteiger partial charge in [0, 0.05) is 5.56 Å². The zero-order valence-electron chi connectivity index (χ0n) is 9.47. The molecule has 1 aliphatic rings. The second-order valence-corrected chi connectivity index (χ2v) is 4.35. The molecule has 0 N–H and O–H groups in total. The first-order chi connectivity index (χ1) is 8.33. The summed E-state index contributed by atoms with van der Waals surface area (Å²) in [5.74, 6) is 0.0881. The molecule has 0 aliphatic heterocycles. The summed E-state index contributed by atoms with van der Waals surface area (Å²) in [5, 5.41) is 3.94. The van der Waals surface area contributed by atoms with Gasteiger partial charge in [-0.3, -0.25) is 4.79 Å². The average molecular weight is 227 g/mol. The third kappa shape index (κ3) is 1.98. The highest BCUT2D eigenvalue weighted by atomic mass is 16.1. The number of carbonyl (C=O) groups excluding carboxylic acids is 1. The van der Waals surface area contributed by atoms with Gasteiger partial charge in [-0.1, -0.05) is 12.1 Å². The lowest BCUT2D eigenvalue weighted by molar-refractivity contribution is 0.0967. The first kappa shape index (κ1) is 10.2. The summed E-state index contributed by atoms with van der Waals surface area (Å²) in [6, 6.07) is 6.03. The van der Waals surface area contributed by atoms with Crippen LogP contribution in [0.3, 0.4) is 0 Å². The van der Waals surface area contributed by atoms with Crippen LogP contribution in [-0.2, 0) is 19.4 Å². The average Bonchev–Trinajstić information content (AvgIpc) is 2.97. The maximum atomic E-state index is 12.0. The third-order valence-electron chi connectivity index (χ3n) is 3.19. The van der Waals surface area contributed by atoms with Crippen LogP contribution in [0.1, 0.15) is 27.9 Å². The number of benzene rings is 1. The number of fused-ring (bicyclic) bond motifs is 1. The number of Topliss-reactive ketones (excluding diaryl/α,β-unsaturated/α-hetero) is 1. The van der Waals surface area contributed by atoms with Crippen molar-refractivity contribution in [1.82, 2.24) is 14.8 Å². The van der Waals surface area contributed by atoms with E-state index in [1.165, 1.54) is 23.9 Å². The van der Waals surface area contributed by atoms with Crippen molar-refractivity contribution in [3.8, 4) is 0 Å². The summed E-state index contributed by atoms with van der Waals surface area (Å²) in [7, 11) is 0. The molecule has 0 unspecified atom stereocenters. The van der Waals surface area contributed by atoms with Crippen molar-refractivity contribution in [2.75, 3.05) is 0 Å². The standard InChI is InChI=1S/C13H13N3O/c17-13(7-16-9-14-8-15-16)12-5-4-10-2-1-3-11(10)6-12/h4-6,8-9H,1-3,7H2. The molecule has 3 rings (SSSR count). The van der Waals surface area contributed by atoms with Crippen molar-refractivity contribution in [2.24, 2.45) is 0 Å². The highest BCUT2D eigenvalue weighted by Gasteiger charge is 2.14. The largest absolute Gasteiger partial charge is 0.292 e. The molecule has 0 amide bonds. The number of rotatable bonds is 3. The van der Waals surface area contributed by atoms with Crippen molar-refractivity contribution in [2.45, 2.75) is 25.8 Å². The van der Waals surface area contributed by atoms with Crippen molar-refractivity contribution >= 4 is 5.78 Å². The topological polar surface area (TPSA) is 47.8 Å². The van der Waals surface area contributed by atoms with Gasteiger partial charge in [-0.25, -0.2) is 9.67 Å². The Morgan fingerprint density at radius 3 is 3.00 bits per heavy atom. The molecule has 17 heavy (non-hydrogen) atoms. The second kappa shape index (κ2) is 4.13. The number of ketones is 1. The highest BCUT2D eigenvalue weighted by molar-refractivity contribution is 5.96. The molecule has 0 spiro atoms. The molecule has 86 valence electrons. The van der Waals surface area contributed by atoms with E-state index in [1.807, 2.05) is 12.1 Å². The number of nitrogens with zero attached hydrogens (tertiary/aromatic N) is 3. The summed E-state index contributed by atoms with van der Waals surface area (Å²) in [5.41, 5.74) is 3.50. The number of aryl methyl sites for hydroxylation is 2. The fraction of sp³-hybridized carbons (Fsp3) is 0.308. The quantitative estimate of drug-likeness (QED) is 0.749. The third-order valence-corrected chi connectivity index (χ3v) is 3.19. The predicted molar refractivity (Wildman–Crippen MR) is 62.8 cm³/mol. The molecule has 1 aromatic carbocycles. The Bertz CT molecular complexity index is 546. The minimum absolute atomic E-state index is 0.0881. The minimum Gasteiger partial charge on any atom is -0.292 e. The molecule has 0 saturated carbocycles. The van der Waals surface area contributed by atoms with Gasteiger partial charge in [-0.15, -0.1) is 0 Å². The minimum atomic E-state index is 0.0881. The van der Waals surface area contributed by atoms with Crippen molar-refractivity contribution in [1.29, 1.82) is 0 Å². The lowest BCUT2D eigenvalue weighted by Gasteiger charge is -2.04. The Labute approximate surface area is 99.3 Å². The maximum absolute atomic E-state index is 12.0. The van der Waals surface area contributed by atoms with Crippen LogP contribution in [0.15, 0.2) is 30.9 Å².